The molecule has 0 spiro atoms. The van der Waals surface area contributed by atoms with E-state index in [-0.39, 0.29) is 38.5 Å². The van der Waals surface area contributed by atoms with Crippen molar-refractivity contribution < 1.29 is 33.9 Å². The molecule has 0 saturated carbocycles. The van der Waals surface area contributed by atoms with Crippen LogP contribution >= 0.6 is 11.3 Å². The number of anilines is 1. The fourth-order valence-electron chi connectivity index (χ4n) is 5.76. The number of thiophene rings is 1. The number of benzene rings is 3. The van der Waals surface area contributed by atoms with Gasteiger partial charge in [-0.25, -0.2) is 4.79 Å². The van der Waals surface area contributed by atoms with Crippen LogP contribution in [0.2, 0.25) is 0 Å². The standard InChI is InChI=1S/C39H41N5O7S/c1-24-9-11-26(12-10-24)21-31-36(47)42-30(20-25-6-3-2-4-7-25)37(48)44-33(39(50)51)22-27-13-15-28(16-14-27)40-34(45)17-18-35(46)41-32(38(49)43-31)23-29-8-5-19-52-29/h2-16,19,30-33H,17-18,20-23H2,1H3,(H,40,45)(H,41,46)(H,42,47)(H,43,49)(H,44,48)(H,50,51)/t30-,31+,32-,33+/m1/s1. The van der Waals surface area contributed by atoms with Gasteiger partial charge in [0.1, 0.15) is 24.2 Å². The highest BCUT2D eigenvalue weighted by Gasteiger charge is 2.32. The van der Waals surface area contributed by atoms with Crippen LogP contribution < -0.4 is 26.6 Å². The molecule has 0 unspecified atom stereocenters. The number of rotatable bonds is 7. The molecule has 2 bridgehead atoms. The second kappa shape index (κ2) is 17.9. The van der Waals surface area contributed by atoms with E-state index in [0.717, 1.165) is 21.6 Å². The van der Waals surface area contributed by atoms with E-state index in [9.17, 15) is 33.9 Å². The van der Waals surface area contributed by atoms with E-state index in [2.05, 4.69) is 26.6 Å². The molecule has 6 N–H and O–H groups in total. The fourth-order valence-corrected chi connectivity index (χ4v) is 6.51. The summed E-state index contributed by atoms with van der Waals surface area (Å²) in [5.74, 6) is -4.24. The number of carbonyl (C=O) groups is 6. The Morgan fingerprint density at radius 3 is 1.83 bits per heavy atom. The molecule has 5 amide bonds. The summed E-state index contributed by atoms with van der Waals surface area (Å²) in [7, 11) is 0. The van der Waals surface area contributed by atoms with Crippen molar-refractivity contribution >= 4 is 52.5 Å². The molecule has 4 atom stereocenters. The molecular formula is C39H41N5O7S. The number of carboxylic acid groups (broad SMARTS) is 1. The molecule has 13 heteroatoms. The molecule has 2 aliphatic rings. The molecule has 270 valence electrons. The summed E-state index contributed by atoms with van der Waals surface area (Å²) in [6.45, 7) is 1.92. The lowest BCUT2D eigenvalue weighted by atomic mass is 10.0. The smallest absolute Gasteiger partial charge is 0.326 e. The van der Waals surface area contributed by atoms with Gasteiger partial charge in [0.2, 0.25) is 29.5 Å². The Hall–Kier alpha value is -5.82. The molecular weight excluding hydrogens is 683 g/mol. The second-order valence-electron chi connectivity index (χ2n) is 12.8. The minimum absolute atomic E-state index is 0.0431. The summed E-state index contributed by atoms with van der Waals surface area (Å²) >= 11 is 1.41. The number of carbonyl (C=O) groups excluding carboxylic acids is 5. The van der Waals surface area contributed by atoms with Gasteiger partial charge in [0.25, 0.3) is 0 Å². The molecule has 52 heavy (non-hydrogen) atoms. The summed E-state index contributed by atoms with van der Waals surface area (Å²) in [5, 5.41) is 25.6. The number of aryl methyl sites for hydroxylation is 1. The van der Waals surface area contributed by atoms with Gasteiger partial charge in [-0.05, 0) is 47.2 Å². The predicted octanol–water partition coefficient (Wildman–Crippen LogP) is 3.08. The van der Waals surface area contributed by atoms with E-state index in [4.69, 9.17) is 0 Å². The second-order valence-corrected chi connectivity index (χ2v) is 13.8. The molecule has 0 fully saturated rings. The molecule has 0 saturated heterocycles. The van der Waals surface area contributed by atoms with E-state index in [0.29, 0.717) is 11.3 Å². The van der Waals surface area contributed by atoms with Crippen LogP contribution in [-0.4, -0.2) is 64.8 Å². The summed E-state index contributed by atoms with van der Waals surface area (Å²) in [6.07, 6.45) is -0.177. The minimum atomic E-state index is -1.34. The highest BCUT2D eigenvalue weighted by atomic mass is 32.1. The van der Waals surface area contributed by atoms with Crippen molar-refractivity contribution in [3.63, 3.8) is 0 Å². The lowest BCUT2D eigenvalue weighted by Crippen LogP contribution is -2.59. The van der Waals surface area contributed by atoms with Crippen LogP contribution in [0.25, 0.3) is 0 Å². The Morgan fingerprint density at radius 1 is 0.654 bits per heavy atom. The SMILES string of the molecule is Cc1ccc(C[C@@H]2NC(=O)[C@@H](Cc3cccs3)NC(=O)CCC(=O)Nc3ccc(cc3)C[C@@H](C(=O)O)NC(=O)[C@@H](Cc3ccccc3)NC2=O)cc1. The largest absolute Gasteiger partial charge is 0.480 e. The van der Waals surface area contributed by atoms with Crippen molar-refractivity contribution in [1.82, 2.24) is 21.3 Å². The fraction of sp³-hybridized carbons (Fsp3) is 0.282. The molecule has 1 aromatic heterocycles. The number of aliphatic carboxylic acids is 1. The van der Waals surface area contributed by atoms with Crippen molar-refractivity contribution in [3.8, 4) is 0 Å². The van der Waals surface area contributed by atoms with Crippen LogP contribution in [0.5, 0.6) is 0 Å². The lowest BCUT2D eigenvalue weighted by Gasteiger charge is -2.26. The molecule has 3 heterocycles. The van der Waals surface area contributed by atoms with E-state index in [1.54, 1.807) is 48.5 Å². The highest BCUT2D eigenvalue weighted by molar-refractivity contribution is 7.09. The van der Waals surface area contributed by atoms with E-state index in [1.807, 2.05) is 54.8 Å². The van der Waals surface area contributed by atoms with Crippen LogP contribution in [0.3, 0.4) is 0 Å². The number of carboxylic acids is 1. The molecule has 0 aliphatic carbocycles. The first kappa shape index (κ1) is 37.4. The van der Waals surface area contributed by atoms with Gasteiger partial charge in [0, 0.05) is 49.1 Å². The van der Waals surface area contributed by atoms with Gasteiger partial charge in [0.15, 0.2) is 0 Å². The zero-order chi connectivity index (χ0) is 37.0. The molecule has 4 aromatic rings. The normalized spacial score (nSPS) is 20.8. The van der Waals surface area contributed by atoms with Crippen molar-refractivity contribution in [2.24, 2.45) is 0 Å². The third kappa shape index (κ3) is 11.1. The van der Waals surface area contributed by atoms with Gasteiger partial charge < -0.3 is 31.7 Å². The topological polar surface area (TPSA) is 183 Å². The Bertz CT molecular complexity index is 1870. The van der Waals surface area contributed by atoms with Gasteiger partial charge in [-0.3, -0.25) is 24.0 Å². The first-order chi connectivity index (χ1) is 25.0. The van der Waals surface area contributed by atoms with Crippen molar-refractivity contribution in [3.05, 3.63) is 124 Å². The van der Waals surface area contributed by atoms with Crippen molar-refractivity contribution in [1.29, 1.82) is 0 Å². The highest BCUT2D eigenvalue weighted by Crippen LogP contribution is 2.15. The maximum Gasteiger partial charge on any atom is 0.326 e. The average molecular weight is 724 g/mol. The number of amides is 5. The number of fused-ring (bicyclic) bond motifs is 18. The number of nitrogens with one attached hydrogen (secondary N) is 5. The van der Waals surface area contributed by atoms with Crippen molar-refractivity contribution in [2.45, 2.75) is 69.6 Å². The summed E-state index contributed by atoms with van der Waals surface area (Å²) < 4.78 is 0. The quantitative estimate of drug-likeness (QED) is 0.158. The maximum atomic E-state index is 14.2. The van der Waals surface area contributed by atoms with E-state index < -0.39 is 59.7 Å². The molecule has 0 radical (unpaired) electrons. The van der Waals surface area contributed by atoms with Crippen LogP contribution in [-0.2, 0) is 54.5 Å². The Labute approximate surface area is 305 Å². The first-order valence-corrected chi connectivity index (χ1v) is 17.8. The zero-order valence-electron chi connectivity index (χ0n) is 28.6. The molecule has 6 rings (SSSR count). The molecule has 12 nitrogen and oxygen atoms in total. The van der Waals surface area contributed by atoms with Gasteiger partial charge >= 0.3 is 5.97 Å². The zero-order valence-corrected chi connectivity index (χ0v) is 29.4. The number of hydrogen-bond donors (Lipinski definition) is 6. The Kier molecular flexibility index (Phi) is 12.9. The minimum Gasteiger partial charge on any atom is -0.480 e. The van der Waals surface area contributed by atoms with Crippen LogP contribution in [0, 0.1) is 6.92 Å². The summed E-state index contributed by atoms with van der Waals surface area (Å²) in [6, 6.07) is 21.7. The summed E-state index contributed by atoms with van der Waals surface area (Å²) in [4.78, 5) is 81.0. The van der Waals surface area contributed by atoms with E-state index >= 15 is 0 Å². The third-order valence-corrected chi connectivity index (χ3v) is 9.52. The third-order valence-electron chi connectivity index (χ3n) is 8.62. The Balaban J connectivity index is 1.50. The van der Waals surface area contributed by atoms with Gasteiger partial charge in [-0.1, -0.05) is 78.4 Å². The first-order valence-electron chi connectivity index (χ1n) is 17.0. The number of hydrogen-bond acceptors (Lipinski definition) is 7. The van der Waals surface area contributed by atoms with Gasteiger partial charge in [-0.2, -0.15) is 0 Å². The molecule has 2 aliphatic heterocycles. The van der Waals surface area contributed by atoms with Crippen LogP contribution in [0.1, 0.15) is 40.0 Å². The average Bonchev–Trinajstić information content (AvgIpc) is 3.64. The van der Waals surface area contributed by atoms with E-state index in [1.165, 1.54) is 11.3 Å². The lowest BCUT2D eigenvalue weighted by molar-refractivity contribution is -0.142. The Morgan fingerprint density at radius 2 is 1.23 bits per heavy atom. The van der Waals surface area contributed by atoms with Crippen molar-refractivity contribution in [2.75, 3.05) is 5.32 Å². The predicted molar refractivity (Wildman–Crippen MR) is 196 cm³/mol. The maximum absolute atomic E-state index is 14.2. The summed E-state index contributed by atoms with van der Waals surface area (Å²) in [5.41, 5.74) is 3.48. The van der Waals surface area contributed by atoms with Gasteiger partial charge in [-0.15, -0.1) is 11.3 Å². The van der Waals surface area contributed by atoms with Crippen LogP contribution in [0.15, 0.2) is 96.4 Å². The molecule has 3 aromatic carbocycles. The monoisotopic (exact) mass is 723 g/mol. The van der Waals surface area contributed by atoms with Gasteiger partial charge in [0.05, 0.1) is 0 Å². The van der Waals surface area contributed by atoms with Crippen LogP contribution in [0.4, 0.5) is 5.69 Å².